The van der Waals surface area contributed by atoms with Gasteiger partial charge in [-0.05, 0) is 41.6 Å². The molecule has 3 aromatic rings. The van der Waals surface area contributed by atoms with Gasteiger partial charge in [0.1, 0.15) is 0 Å². The Bertz CT molecular complexity index is 1340. The van der Waals surface area contributed by atoms with Gasteiger partial charge in [0.15, 0.2) is 5.13 Å². The number of para-hydroxylation sites is 1. The zero-order valence-corrected chi connectivity index (χ0v) is 20.9. The molecule has 0 atom stereocenters. The molecule has 1 fully saturated rings. The lowest BCUT2D eigenvalue weighted by Crippen LogP contribution is -2.36. The maximum absolute atomic E-state index is 12.6. The van der Waals surface area contributed by atoms with Crippen molar-refractivity contribution in [3.05, 3.63) is 88.3 Å². The van der Waals surface area contributed by atoms with Crippen LogP contribution in [0.25, 0.3) is 12.2 Å². The number of hydrogen-bond donors (Lipinski definition) is 1. The van der Waals surface area contributed by atoms with Crippen LogP contribution < -0.4 is 10.2 Å². The standard InChI is InChI=1S/C26H22N4O4S2/c1-18(31)30(21-10-6-3-7-11-21)25-28-20(17-35-25)12-13-23(32)27-14-15-29-24(33)22(36-26(29)34)16-19-8-4-2-5-9-19/h2-13,16-17H,14-15H2,1H3,(H,27,32)/b13-12+,22-16-. The first-order chi connectivity index (χ1) is 17.4. The Morgan fingerprint density at radius 2 is 1.75 bits per heavy atom. The fraction of sp³-hybridized carbons (Fsp3) is 0.115. The lowest BCUT2D eigenvalue weighted by Gasteiger charge is -2.17. The molecular weight excluding hydrogens is 496 g/mol. The second kappa shape index (κ2) is 11.6. The van der Waals surface area contributed by atoms with Crippen molar-refractivity contribution in [1.82, 2.24) is 15.2 Å². The average Bonchev–Trinajstić information content (AvgIpc) is 3.43. The van der Waals surface area contributed by atoms with Crippen LogP contribution in [0.5, 0.6) is 0 Å². The molecule has 1 N–H and O–H groups in total. The van der Waals surface area contributed by atoms with E-state index in [0.29, 0.717) is 21.4 Å². The summed E-state index contributed by atoms with van der Waals surface area (Å²) < 4.78 is 0. The van der Waals surface area contributed by atoms with Gasteiger partial charge in [-0.15, -0.1) is 11.3 Å². The molecule has 36 heavy (non-hydrogen) atoms. The van der Waals surface area contributed by atoms with Gasteiger partial charge in [-0.2, -0.15) is 0 Å². The smallest absolute Gasteiger partial charge is 0.293 e. The fourth-order valence-electron chi connectivity index (χ4n) is 3.36. The van der Waals surface area contributed by atoms with E-state index in [1.807, 2.05) is 60.7 Å². The molecule has 1 aliphatic rings. The quantitative estimate of drug-likeness (QED) is 0.434. The SMILES string of the molecule is CC(=O)N(c1ccccc1)c1nc(/C=C/C(=O)NCCN2C(=O)S/C(=C\c3ccccc3)C2=O)cs1. The summed E-state index contributed by atoms with van der Waals surface area (Å²) in [6.45, 7) is 1.66. The summed E-state index contributed by atoms with van der Waals surface area (Å²) >= 11 is 2.17. The molecule has 4 rings (SSSR count). The lowest BCUT2D eigenvalue weighted by molar-refractivity contribution is -0.123. The van der Waals surface area contributed by atoms with Crippen LogP contribution in [0.4, 0.5) is 15.6 Å². The largest absolute Gasteiger partial charge is 0.351 e. The number of amides is 4. The fourth-order valence-corrected chi connectivity index (χ4v) is 5.08. The van der Waals surface area contributed by atoms with Crippen molar-refractivity contribution in [3.63, 3.8) is 0 Å². The number of nitrogens with one attached hydrogen (secondary N) is 1. The van der Waals surface area contributed by atoms with E-state index in [4.69, 9.17) is 0 Å². The van der Waals surface area contributed by atoms with Gasteiger partial charge in [-0.25, -0.2) is 4.98 Å². The van der Waals surface area contributed by atoms with Crippen molar-refractivity contribution in [2.45, 2.75) is 6.92 Å². The van der Waals surface area contributed by atoms with Gasteiger partial charge in [-0.1, -0.05) is 48.5 Å². The highest BCUT2D eigenvalue weighted by Crippen LogP contribution is 2.32. The Morgan fingerprint density at radius 3 is 2.44 bits per heavy atom. The van der Waals surface area contributed by atoms with Crippen LogP contribution in [0, 0.1) is 0 Å². The van der Waals surface area contributed by atoms with E-state index in [1.165, 1.54) is 29.2 Å². The Kier molecular flexibility index (Phi) is 8.09. The minimum absolute atomic E-state index is 0.0713. The number of nitrogens with zero attached hydrogens (tertiary/aromatic N) is 3. The summed E-state index contributed by atoms with van der Waals surface area (Å²) in [6, 6.07) is 18.5. The van der Waals surface area contributed by atoms with Crippen molar-refractivity contribution < 1.29 is 19.2 Å². The van der Waals surface area contributed by atoms with Gasteiger partial charge < -0.3 is 5.32 Å². The third kappa shape index (κ3) is 6.15. The molecule has 1 aliphatic heterocycles. The Hall–Kier alpha value is -4.02. The van der Waals surface area contributed by atoms with E-state index in [1.54, 1.807) is 17.5 Å². The van der Waals surface area contributed by atoms with Crippen molar-refractivity contribution in [1.29, 1.82) is 0 Å². The Morgan fingerprint density at radius 1 is 1.06 bits per heavy atom. The van der Waals surface area contributed by atoms with Crippen LogP contribution in [-0.4, -0.2) is 45.9 Å². The molecule has 0 unspecified atom stereocenters. The predicted molar refractivity (Wildman–Crippen MR) is 143 cm³/mol. The van der Waals surface area contributed by atoms with E-state index in [9.17, 15) is 19.2 Å². The third-order valence-corrected chi connectivity index (χ3v) is 6.79. The molecule has 1 aromatic heterocycles. The van der Waals surface area contributed by atoms with Crippen LogP contribution in [0.15, 0.2) is 77.0 Å². The highest BCUT2D eigenvalue weighted by Gasteiger charge is 2.34. The van der Waals surface area contributed by atoms with Crippen LogP contribution in [0.1, 0.15) is 18.2 Å². The van der Waals surface area contributed by atoms with Crippen molar-refractivity contribution in [3.8, 4) is 0 Å². The second-order valence-corrected chi connectivity index (χ2v) is 9.44. The molecule has 4 amide bonds. The zero-order chi connectivity index (χ0) is 25.5. The summed E-state index contributed by atoms with van der Waals surface area (Å²) in [5.41, 5.74) is 2.07. The summed E-state index contributed by atoms with van der Waals surface area (Å²) in [4.78, 5) is 56.6. The van der Waals surface area contributed by atoms with E-state index in [0.717, 1.165) is 22.2 Å². The number of anilines is 2. The second-order valence-electron chi connectivity index (χ2n) is 7.61. The number of carbonyl (C=O) groups excluding carboxylic acids is 4. The molecule has 2 heterocycles. The first kappa shape index (κ1) is 25.1. The van der Waals surface area contributed by atoms with Crippen LogP contribution >= 0.6 is 23.1 Å². The molecule has 0 saturated carbocycles. The third-order valence-electron chi connectivity index (χ3n) is 5.04. The number of carbonyl (C=O) groups is 4. The Labute approximate surface area is 216 Å². The molecule has 1 saturated heterocycles. The number of rotatable bonds is 8. The number of thioether (sulfide) groups is 1. The number of imide groups is 1. The molecule has 0 aliphatic carbocycles. The summed E-state index contributed by atoms with van der Waals surface area (Å²) in [5.74, 6) is -0.931. The highest BCUT2D eigenvalue weighted by atomic mass is 32.2. The maximum Gasteiger partial charge on any atom is 0.293 e. The number of thiazole rings is 1. The van der Waals surface area contributed by atoms with E-state index in [-0.39, 0.29) is 36.1 Å². The Balaban J connectivity index is 1.30. The van der Waals surface area contributed by atoms with Crippen molar-refractivity contribution >= 4 is 69.0 Å². The van der Waals surface area contributed by atoms with Crippen LogP contribution in [0.2, 0.25) is 0 Å². The first-order valence-electron chi connectivity index (χ1n) is 11.0. The monoisotopic (exact) mass is 518 g/mol. The summed E-state index contributed by atoms with van der Waals surface area (Å²) in [5, 5.41) is 4.55. The molecule has 182 valence electrons. The van der Waals surface area contributed by atoms with Gasteiger partial charge in [0, 0.05) is 31.5 Å². The summed E-state index contributed by atoms with van der Waals surface area (Å²) in [7, 11) is 0. The zero-order valence-electron chi connectivity index (χ0n) is 19.3. The topological polar surface area (TPSA) is 99.7 Å². The van der Waals surface area contributed by atoms with Crippen LogP contribution in [0.3, 0.4) is 0 Å². The molecular formula is C26H22N4O4S2. The van der Waals surface area contributed by atoms with Gasteiger partial charge in [0.25, 0.3) is 11.1 Å². The number of hydrogen-bond acceptors (Lipinski definition) is 7. The van der Waals surface area contributed by atoms with Gasteiger partial charge in [0.2, 0.25) is 11.8 Å². The molecule has 0 bridgehead atoms. The predicted octanol–water partition coefficient (Wildman–Crippen LogP) is 4.69. The van der Waals surface area contributed by atoms with Gasteiger partial charge in [0.05, 0.1) is 16.3 Å². The lowest BCUT2D eigenvalue weighted by atomic mass is 10.2. The molecule has 2 aromatic carbocycles. The first-order valence-corrected chi connectivity index (χ1v) is 12.7. The van der Waals surface area contributed by atoms with E-state index in [2.05, 4.69) is 10.3 Å². The number of aromatic nitrogens is 1. The molecule has 0 spiro atoms. The highest BCUT2D eigenvalue weighted by molar-refractivity contribution is 8.18. The van der Waals surface area contributed by atoms with E-state index >= 15 is 0 Å². The molecule has 10 heteroatoms. The van der Waals surface area contributed by atoms with Crippen LogP contribution in [-0.2, 0) is 14.4 Å². The number of benzene rings is 2. The van der Waals surface area contributed by atoms with Crippen molar-refractivity contribution in [2.75, 3.05) is 18.0 Å². The molecule has 8 nitrogen and oxygen atoms in total. The maximum atomic E-state index is 12.6. The summed E-state index contributed by atoms with van der Waals surface area (Å²) in [6.07, 6.45) is 4.54. The van der Waals surface area contributed by atoms with Gasteiger partial charge in [-0.3, -0.25) is 29.0 Å². The normalized spacial score (nSPS) is 14.6. The van der Waals surface area contributed by atoms with Crippen molar-refractivity contribution in [2.24, 2.45) is 0 Å². The minimum atomic E-state index is -0.386. The van der Waals surface area contributed by atoms with E-state index < -0.39 is 0 Å². The average molecular weight is 519 g/mol. The minimum Gasteiger partial charge on any atom is -0.351 e. The van der Waals surface area contributed by atoms with Gasteiger partial charge >= 0.3 is 0 Å². The molecule has 0 radical (unpaired) electrons.